The molecular weight excluding hydrogens is 218 g/mol. The van der Waals surface area contributed by atoms with Crippen LogP contribution in [0, 0.1) is 6.92 Å². The van der Waals surface area contributed by atoms with E-state index in [0.717, 1.165) is 13.1 Å². The minimum absolute atomic E-state index is 0.859. The lowest BCUT2D eigenvalue weighted by molar-refractivity contribution is 0.867. The Labute approximate surface area is 109 Å². The van der Waals surface area contributed by atoms with Crippen molar-refractivity contribution in [1.82, 2.24) is 0 Å². The molecule has 2 aromatic rings. The van der Waals surface area contributed by atoms with Crippen molar-refractivity contribution >= 4 is 5.69 Å². The summed E-state index contributed by atoms with van der Waals surface area (Å²) in [4.78, 5) is 2.32. The van der Waals surface area contributed by atoms with Gasteiger partial charge in [0.25, 0.3) is 0 Å². The number of rotatable bonds is 5. The van der Waals surface area contributed by atoms with E-state index in [1.807, 2.05) is 12.1 Å². The van der Waals surface area contributed by atoms with Gasteiger partial charge in [-0.05, 0) is 24.6 Å². The standard InChI is InChI=1S/C17H19N/c1-3-12-18(17-10-5-4-6-11-17)14-16-9-7-8-15(2)13-16/h3-11,13H,1,12,14H2,2H3. The SMILES string of the molecule is C=CCN(Cc1cccc(C)c1)c1ccccc1. The molecule has 18 heavy (non-hydrogen) atoms. The molecule has 0 aliphatic carbocycles. The Morgan fingerprint density at radius 3 is 2.50 bits per heavy atom. The normalized spacial score (nSPS) is 10.1. The van der Waals surface area contributed by atoms with Crippen molar-refractivity contribution in [3.63, 3.8) is 0 Å². The van der Waals surface area contributed by atoms with E-state index in [2.05, 4.69) is 66.9 Å². The zero-order valence-electron chi connectivity index (χ0n) is 10.8. The number of hydrogen-bond acceptors (Lipinski definition) is 1. The number of benzene rings is 2. The molecule has 0 aliphatic rings. The van der Waals surface area contributed by atoms with Crippen molar-refractivity contribution in [1.29, 1.82) is 0 Å². The summed E-state index contributed by atoms with van der Waals surface area (Å²) < 4.78 is 0. The fourth-order valence-electron chi connectivity index (χ4n) is 2.09. The van der Waals surface area contributed by atoms with Gasteiger partial charge in [0.05, 0.1) is 0 Å². The van der Waals surface area contributed by atoms with Crippen molar-refractivity contribution in [3.05, 3.63) is 78.4 Å². The maximum Gasteiger partial charge on any atom is 0.0433 e. The summed E-state index contributed by atoms with van der Waals surface area (Å²) in [7, 11) is 0. The molecule has 0 heterocycles. The van der Waals surface area contributed by atoms with Gasteiger partial charge in [0, 0.05) is 18.8 Å². The van der Waals surface area contributed by atoms with Crippen LogP contribution in [0.15, 0.2) is 67.3 Å². The van der Waals surface area contributed by atoms with Gasteiger partial charge in [0.15, 0.2) is 0 Å². The Hall–Kier alpha value is -2.02. The lowest BCUT2D eigenvalue weighted by Crippen LogP contribution is -2.22. The van der Waals surface area contributed by atoms with Crippen LogP contribution in [-0.4, -0.2) is 6.54 Å². The van der Waals surface area contributed by atoms with Crippen molar-refractivity contribution in [2.75, 3.05) is 11.4 Å². The average molecular weight is 237 g/mol. The highest BCUT2D eigenvalue weighted by molar-refractivity contribution is 5.47. The number of para-hydroxylation sites is 1. The van der Waals surface area contributed by atoms with Crippen molar-refractivity contribution in [2.45, 2.75) is 13.5 Å². The first-order valence-electron chi connectivity index (χ1n) is 6.26. The van der Waals surface area contributed by atoms with Gasteiger partial charge in [-0.3, -0.25) is 0 Å². The predicted molar refractivity (Wildman–Crippen MR) is 78.9 cm³/mol. The smallest absolute Gasteiger partial charge is 0.0433 e. The Morgan fingerprint density at radius 1 is 1.06 bits per heavy atom. The monoisotopic (exact) mass is 237 g/mol. The highest BCUT2D eigenvalue weighted by atomic mass is 15.1. The summed E-state index contributed by atoms with van der Waals surface area (Å²) in [5.74, 6) is 0. The van der Waals surface area contributed by atoms with Crippen LogP contribution in [0.25, 0.3) is 0 Å². The van der Waals surface area contributed by atoms with E-state index >= 15 is 0 Å². The molecule has 0 fully saturated rings. The van der Waals surface area contributed by atoms with E-state index < -0.39 is 0 Å². The molecule has 0 spiro atoms. The van der Waals surface area contributed by atoms with Crippen LogP contribution in [0.3, 0.4) is 0 Å². The minimum atomic E-state index is 0.859. The lowest BCUT2D eigenvalue weighted by atomic mass is 10.1. The molecule has 0 amide bonds. The molecule has 0 bridgehead atoms. The van der Waals surface area contributed by atoms with Crippen molar-refractivity contribution < 1.29 is 0 Å². The van der Waals surface area contributed by atoms with Crippen LogP contribution < -0.4 is 4.90 Å². The molecule has 0 unspecified atom stereocenters. The molecular formula is C17H19N. The van der Waals surface area contributed by atoms with Gasteiger partial charge in [-0.1, -0.05) is 54.1 Å². The number of aryl methyl sites for hydroxylation is 1. The highest BCUT2D eigenvalue weighted by Crippen LogP contribution is 2.17. The van der Waals surface area contributed by atoms with Crippen LogP contribution >= 0.6 is 0 Å². The first-order chi connectivity index (χ1) is 8.79. The molecule has 0 radical (unpaired) electrons. The van der Waals surface area contributed by atoms with Gasteiger partial charge in [-0.2, -0.15) is 0 Å². The van der Waals surface area contributed by atoms with E-state index in [4.69, 9.17) is 0 Å². The highest BCUT2D eigenvalue weighted by Gasteiger charge is 2.05. The second-order valence-electron chi connectivity index (χ2n) is 4.49. The fourth-order valence-corrected chi connectivity index (χ4v) is 2.09. The first kappa shape index (κ1) is 12.4. The molecule has 92 valence electrons. The van der Waals surface area contributed by atoms with E-state index in [1.165, 1.54) is 16.8 Å². The molecule has 0 aromatic heterocycles. The van der Waals surface area contributed by atoms with Gasteiger partial charge in [-0.25, -0.2) is 0 Å². The molecule has 0 saturated carbocycles. The lowest BCUT2D eigenvalue weighted by Gasteiger charge is -2.23. The van der Waals surface area contributed by atoms with Crippen LogP contribution in [0.1, 0.15) is 11.1 Å². The fraction of sp³-hybridized carbons (Fsp3) is 0.176. The van der Waals surface area contributed by atoms with Gasteiger partial charge in [0.1, 0.15) is 0 Å². The van der Waals surface area contributed by atoms with Crippen LogP contribution in [0.4, 0.5) is 5.69 Å². The molecule has 1 heteroatoms. The maximum absolute atomic E-state index is 3.84. The molecule has 0 N–H and O–H groups in total. The molecule has 0 atom stereocenters. The van der Waals surface area contributed by atoms with Crippen molar-refractivity contribution in [2.24, 2.45) is 0 Å². The quantitative estimate of drug-likeness (QED) is 0.705. The first-order valence-corrected chi connectivity index (χ1v) is 6.26. The summed E-state index contributed by atoms with van der Waals surface area (Å²) in [5, 5.41) is 0. The number of anilines is 1. The Kier molecular flexibility index (Phi) is 4.19. The third-order valence-electron chi connectivity index (χ3n) is 2.93. The summed E-state index contributed by atoms with van der Waals surface area (Å²) >= 11 is 0. The third kappa shape index (κ3) is 3.24. The Bertz CT molecular complexity index is 502. The predicted octanol–water partition coefficient (Wildman–Crippen LogP) is 4.19. The van der Waals surface area contributed by atoms with E-state index in [-0.39, 0.29) is 0 Å². The Morgan fingerprint density at radius 2 is 1.83 bits per heavy atom. The minimum Gasteiger partial charge on any atom is -0.363 e. The van der Waals surface area contributed by atoms with Gasteiger partial charge in [0.2, 0.25) is 0 Å². The Balaban J connectivity index is 2.19. The second kappa shape index (κ2) is 6.06. The molecule has 0 saturated heterocycles. The van der Waals surface area contributed by atoms with E-state index in [9.17, 15) is 0 Å². The van der Waals surface area contributed by atoms with Gasteiger partial charge >= 0.3 is 0 Å². The average Bonchev–Trinajstić information content (AvgIpc) is 2.39. The molecule has 2 aromatic carbocycles. The maximum atomic E-state index is 3.84. The zero-order valence-corrected chi connectivity index (χ0v) is 10.8. The van der Waals surface area contributed by atoms with E-state index in [1.54, 1.807) is 0 Å². The van der Waals surface area contributed by atoms with Crippen LogP contribution in [0.5, 0.6) is 0 Å². The second-order valence-corrected chi connectivity index (χ2v) is 4.49. The summed E-state index contributed by atoms with van der Waals surface area (Å²) in [6.07, 6.45) is 1.95. The molecule has 1 nitrogen and oxygen atoms in total. The molecule has 2 rings (SSSR count). The van der Waals surface area contributed by atoms with Crippen molar-refractivity contribution in [3.8, 4) is 0 Å². The summed E-state index contributed by atoms with van der Waals surface area (Å²) in [6.45, 7) is 7.75. The number of nitrogens with zero attached hydrogens (tertiary/aromatic N) is 1. The zero-order chi connectivity index (χ0) is 12.8. The largest absolute Gasteiger partial charge is 0.363 e. The summed E-state index contributed by atoms with van der Waals surface area (Å²) in [6, 6.07) is 19.1. The van der Waals surface area contributed by atoms with Gasteiger partial charge in [-0.15, -0.1) is 6.58 Å². The van der Waals surface area contributed by atoms with Crippen LogP contribution in [-0.2, 0) is 6.54 Å². The van der Waals surface area contributed by atoms with Gasteiger partial charge < -0.3 is 4.90 Å². The topological polar surface area (TPSA) is 3.24 Å². The van der Waals surface area contributed by atoms with Crippen LogP contribution in [0.2, 0.25) is 0 Å². The third-order valence-corrected chi connectivity index (χ3v) is 2.93. The summed E-state index contributed by atoms with van der Waals surface area (Å²) in [5.41, 5.74) is 3.87. The van der Waals surface area contributed by atoms with E-state index in [0.29, 0.717) is 0 Å². The molecule has 0 aliphatic heterocycles. The number of hydrogen-bond donors (Lipinski definition) is 0.